The zero-order valence-corrected chi connectivity index (χ0v) is 14.0. The maximum atomic E-state index is 11.9. The molecule has 6 heteroatoms. The monoisotopic (exact) mass is 385 g/mol. The lowest BCUT2D eigenvalue weighted by atomic mass is 10.1. The van der Waals surface area contributed by atoms with E-state index in [2.05, 4.69) is 21.1 Å². The Morgan fingerprint density at radius 2 is 1.86 bits per heavy atom. The first-order chi connectivity index (χ1) is 9.99. The Bertz CT molecular complexity index is 717. The van der Waals surface area contributed by atoms with E-state index in [1.165, 1.54) is 0 Å². The van der Waals surface area contributed by atoms with Crippen molar-refractivity contribution in [2.45, 2.75) is 6.92 Å². The first-order valence-electron chi connectivity index (χ1n) is 5.95. The summed E-state index contributed by atoms with van der Waals surface area (Å²) in [6, 6.07) is 12.0. The molecule has 0 amide bonds. The fraction of sp³-hybridized carbons (Fsp3) is 0.0667. The summed E-state index contributed by atoms with van der Waals surface area (Å²) in [5, 5.41) is 4.80. The van der Waals surface area contributed by atoms with Crippen LogP contribution in [-0.2, 0) is 4.84 Å². The second-order valence-electron chi connectivity index (χ2n) is 4.16. The standard InChI is InChI=1S/C15H10BrCl2NO2/c1-9(11-7-6-10(17)8-14(11)18)19-21-15(20)12-4-2-3-5-13(12)16/h2-8H,1H3/b19-9+. The van der Waals surface area contributed by atoms with Gasteiger partial charge in [-0.05, 0) is 47.1 Å². The second-order valence-corrected chi connectivity index (χ2v) is 5.86. The zero-order chi connectivity index (χ0) is 15.4. The lowest BCUT2D eigenvalue weighted by molar-refractivity contribution is 0.0515. The van der Waals surface area contributed by atoms with Crippen molar-refractivity contribution in [3.63, 3.8) is 0 Å². The van der Waals surface area contributed by atoms with Crippen LogP contribution in [0, 0.1) is 0 Å². The van der Waals surface area contributed by atoms with Gasteiger partial charge in [0.2, 0.25) is 0 Å². The molecule has 0 N–H and O–H groups in total. The molecule has 0 aliphatic rings. The first kappa shape index (κ1) is 16.0. The normalized spacial score (nSPS) is 11.3. The summed E-state index contributed by atoms with van der Waals surface area (Å²) < 4.78 is 0.646. The van der Waals surface area contributed by atoms with Crippen LogP contribution in [0.3, 0.4) is 0 Å². The number of benzene rings is 2. The van der Waals surface area contributed by atoms with Crippen molar-refractivity contribution in [3.05, 3.63) is 68.1 Å². The topological polar surface area (TPSA) is 38.7 Å². The summed E-state index contributed by atoms with van der Waals surface area (Å²) in [6.45, 7) is 1.70. The molecule has 0 saturated heterocycles. The molecule has 108 valence electrons. The smallest absolute Gasteiger partial charge is 0.312 e. The van der Waals surface area contributed by atoms with Crippen LogP contribution in [0.15, 0.2) is 52.1 Å². The van der Waals surface area contributed by atoms with Crippen LogP contribution in [0.4, 0.5) is 0 Å². The quantitative estimate of drug-likeness (QED) is 0.405. The molecule has 0 bridgehead atoms. The van der Waals surface area contributed by atoms with E-state index in [-0.39, 0.29) is 0 Å². The van der Waals surface area contributed by atoms with Gasteiger partial charge in [0.15, 0.2) is 0 Å². The van der Waals surface area contributed by atoms with E-state index in [9.17, 15) is 4.79 Å². The van der Waals surface area contributed by atoms with Gasteiger partial charge in [0, 0.05) is 15.1 Å². The zero-order valence-electron chi connectivity index (χ0n) is 10.9. The summed E-state index contributed by atoms with van der Waals surface area (Å²) in [7, 11) is 0. The van der Waals surface area contributed by atoms with Gasteiger partial charge in [0.1, 0.15) is 0 Å². The predicted octanol–water partition coefficient (Wildman–Crippen LogP) is 5.34. The minimum atomic E-state index is -0.549. The number of halogens is 3. The third kappa shape index (κ3) is 4.06. The fourth-order valence-electron chi connectivity index (χ4n) is 1.62. The average Bonchev–Trinajstić information content (AvgIpc) is 2.45. The molecule has 3 nitrogen and oxygen atoms in total. The Balaban J connectivity index is 2.17. The number of carbonyl (C=O) groups is 1. The largest absolute Gasteiger partial charge is 0.366 e. The highest BCUT2D eigenvalue weighted by Gasteiger charge is 2.12. The predicted molar refractivity (Wildman–Crippen MR) is 88.2 cm³/mol. The average molecular weight is 387 g/mol. The van der Waals surface area contributed by atoms with Gasteiger partial charge >= 0.3 is 5.97 Å². The molecule has 0 heterocycles. The maximum absolute atomic E-state index is 11.9. The van der Waals surface area contributed by atoms with Crippen LogP contribution in [0.2, 0.25) is 10.0 Å². The molecule has 0 radical (unpaired) electrons. The summed E-state index contributed by atoms with van der Waals surface area (Å²) in [6.07, 6.45) is 0. The Morgan fingerprint density at radius 1 is 1.14 bits per heavy atom. The van der Waals surface area contributed by atoms with E-state index in [4.69, 9.17) is 28.0 Å². The third-order valence-corrected chi connectivity index (χ3v) is 3.92. The van der Waals surface area contributed by atoms with Gasteiger partial charge in [-0.1, -0.05) is 46.6 Å². The molecule has 0 atom stereocenters. The molecular formula is C15H10BrCl2NO2. The van der Waals surface area contributed by atoms with Crippen molar-refractivity contribution < 1.29 is 9.63 Å². The molecule has 2 aromatic carbocycles. The maximum Gasteiger partial charge on any atom is 0.366 e. The van der Waals surface area contributed by atoms with Crippen molar-refractivity contribution in [1.82, 2.24) is 0 Å². The number of carbonyl (C=O) groups excluding carboxylic acids is 1. The van der Waals surface area contributed by atoms with Gasteiger partial charge in [-0.15, -0.1) is 0 Å². The fourth-order valence-corrected chi connectivity index (χ4v) is 2.61. The molecule has 0 aliphatic heterocycles. The summed E-state index contributed by atoms with van der Waals surface area (Å²) in [4.78, 5) is 16.9. The highest BCUT2D eigenvalue weighted by atomic mass is 79.9. The van der Waals surface area contributed by atoms with E-state index < -0.39 is 5.97 Å². The van der Waals surface area contributed by atoms with Crippen LogP contribution in [0.5, 0.6) is 0 Å². The van der Waals surface area contributed by atoms with Gasteiger partial charge in [-0.3, -0.25) is 0 Å². The van der Waals surface area contributed by atoms with E-state index in [1.807, 2.05) is 6.07 Å². The third-order valence-electron chi connectivity index (χ3n) is 2.68. The van der Waals surface area contributed by atoms with Crippen LogP contribution in [0.25, 0.3) is 0 Å². The molecule has 0 aromatic heterocycles. The van der Waals surface area contributed by atoms with Gasteiger partial charge in [-0.25, -0.2) is 4.79 Å². The van der Waals surface area contributed by atoms with Crippen LogP contribution in [-0.4, -0.2) is 11.7 Å². The first-order valence-corrected chi connectivity index (χ1v) is 7.50. The van der Waals surface area contributed by atoms with Crippen molar-refractivity contribution >= 4 is 50.8 Å². The molecule has 2 rings (SSSR count). The number of oxime groups is 1. The Labute approximate surface area is 140 Å². The highest BCUT2D eigenvalue weighted by Crippen LogP contribution is 2.22. The SMILES string of the molecule is C/C(=N\OC(=O)c1ccccc1Br)c1ccc(Cl)cc1Cl. The van der Waals surface area contributed by atoms with E-state index in [0.717, 1.165) is 0 Å². The molecule has 21 heavy (non-hydrogen) atoms. The van der Waals surface area contributed by atoms with Gasteiger partial charge < -0.3 is 4.84 Å². The molecular weight excluding hydrogens is 377 g/mol. The van der Waals surface area contributed by atoms with Gasteiger partial charge in [0.25, 0.3) is 0 Å². The van der Waals surface area contributed by atoms with Crippen LogP contribution < -0.4 is 0 Å². The van der Waals surface area contributed by atoms with Gasteiger partial charge in [-0.2, -0.15) is 0 Å². The molecule has 0 unspecified atom stereocenters. The van der Waals surface area contributed by atoms with E-state index in [0.29, 0.717) is 31.4 Å². The van der Waals surface area contributed by atoms with Crippen LogP contribution in [0.1, 0.15) is 22.8 Å². The number of rotatable bonds is 3. The Hall–Kier alpha value is -1.36. The minimum Gasteiger partial charge on any atom is -0.312 e. The minimum absolute atomic E-state index is 0.399. The van der Waals surface area contributed by atoms with Crippen LogP contribution >= 0.6 is 39.1 Å². The highest BCUT2D eigenvalue weighted by molar-refractivity contribution is 9.10. The lowest BCUT2D eigenvalue weighted by Crippen LogP contribution is -2.05. The van der Waals surface area contributed by atoms with Crippen molar-refractivity contribution in [3.8, 4) is 0 Å². The van der Waals surface area contributed by atoms with E-state index in [1.54, 1.807) is 43.3 Å². The number of hydrogen-bond acceptors (Lipinski definition) is 3. The van der Waals surface area contributed by atoms with Crippen molar-refractivity contribution in [1.29, 1.82) is 0 Å². The van der Waals surface area contributed by atoms with Crippen molar-refractivity contribution in [2.75, 3.05) is 0 Å². The molecule has 0 saturated carbocycles. The molecule has 0 spiro atoms. The summed E-state index contributed by atoms with van der Waals surface area (Å²) in [5.41, 5.74) is 1.54. The second kappa shape index (κ2) is 7.07. The van der Waals surface area contributed by atoms with Gasteiger partial charge in [0.05, 0.1) is 16.3 Å². The molecule has 0 aliphatic carbocycles. The number of hydrogen-bond donors (Lipinski definition) is 0. The molecule has 0 fully saturated rings. The summed E-state index contributed by atoms with van der Waals surface area (Å²) in [5.74, 6) is -0.549. The Kier molecular flexibility index (Phi) is 5.39. The number of nitrogens with zero attached hydrogens (tertiary/aromatic N) is 1. The Morgan fingerprint density at radius 3 is 2.52 bits per heavy atom. The van der Waals surface area contributed by atoms with E-state index >= 15 is 0 Å². The van der Waals surface area contributed by atoms with Crippen molar-refractivity contribution in [2.24, 2.45) is 5.16 Å². The molecule has 2 aromatic rings. The lowest BCUT2D eigenvalue weighted by Gasteiger charge is -2.05. The summed E-state index contributed by atoms with van der Waals surface area (Å²) >= 11 is 15.2.